The molecule has 1 heterocycles. The van der Waals surface area contributed by atoms with Crippen molar-refractivity contribution in [3.63, 3.8) is 0 Å². The van der Waals surface area contributed by atoms with Gasteiger partial charge >= 0.3 is 0 Å². The molecule has 2 rings (SSSR count). The molecule has 29 heavy (non-hydrogen) atoms. The Morgan fingerprint density at radius 1 is 1.28 bits per heavy atom. The summed E-state index contributed by atoms with van der Waals surface area (Å²) in [5, 5.41) is 11.5. The summed E-state index contributed by atoms with van der Waals surface area (Å²) in [6, 6.07) is 0.289. The maximum Gasteiger partial charge on any atom is 0.191 e. The fourth-order valence-corrected chi connectivity index (χ4v) is 4.33. The normalized spacial score (nSPS) is 17.1. The Labute approximate surface area is 194 Å². The number of aryl methyl sites for hydroxylation is 2. The van der Waals surface area contributed by atoms with Gasteiger partial charge < -0.3 is 15.4 Å². The van der Waals surface area contributed by atoms with Crippen LogP contribution >= 0.6 is 24.0 Å². The van der Waals surface area contributed by atoms with E-state index in [1.165, 1.54) is 36.9 Å². The van der Waals surface area contributed by atoms with Crippen LogP contribution in [0.4, 0.5) is 0 Å². The van der Waals surface area contributed by atoms with Crippen LogP contribution in [-0.2, 0) is 18.2 Å². The van der Waals surface area contributed by atoms with Gasteiger partial charge in [0.05, 0.1) is 11.8 Å². The van der Waals surface area contributed by atoms with E-state index in [9.17, 15) is 0 Å². The molecule has 0 aliphatic heterocycles. The van der Waals surface area contributed by atoms with Crippen molar-refractivity contribution in [2.24, 2.45) is 18.0 Å². The summed E-state index contributed by atoms with van der Waals surface area (Å²) in [6.07, 6.45) is 7.64. The van der Waals surface area contributed by atoms with Crippen molar-refractivity contribution in [2.45, 2.75) is 85.3 Å². The van der Waals surface area contributed by atoms with Crippen LogP contribution in [0.3, 0.4) is 0 Å². The van der Waals surface area contributed by atoms with Crippen LogP contribution in [0.25, 0.3) is 0 Å². The maximum absolute atomic E-state index is 6.04. The summed E-state index contributed by atoms with van der Waals surface area (Å²) in [5.74, 6) is 1.62. The summed E-state index contributed by atoms with van der Waals surface area (Å²) in [7, 11) is 2.01. The van der Waals surface area contributed by atoms with Crippen LogP contribution in [0.5, 0.6) is 0 Å². The molecule has 7 heteroatoms. The van der Waals surface area contributed by atoms with Gasteiger partial charge in [0, 0.05) is 38.5 Å². The van der Waals surface area contributed by atoms with Crippen molar-refractivity contribution in [1.82, 2.24) is 20.4 Å². The Kier molecular flexibility index (Phi) is 12.2. The molecule has 2 atom stereocenters. The number of rotatable bonds is 10. The number of nitrogens with zero attached hydrogens (tertiary/aromatic N) is 3. The SMILES string of the molecule is CCNC(=NCCC(OCC)C1CCCC1)NC(C)Cc1c(C)nn(C)c1C.I. The third-order valence-electron chi connectivity index (χ3n) is 5.89. The highest BCUT2D eigenvalue weighted by Gasteiger charge is 2.25. The molecule has 0 radical (unpaired) electrons. The average Bonchev–Trinajstić information content (AvgIpc) is 3.26. The first kappa shape index (κ1) is 26.2. The van der Waals surface area contributed by atoms with E-state index in [0.29, 0.717) is 6.10 Å². The lowest BCUT2D eigenvalue weighted by molar-refractivity contribution is 0.0177. The van der Waals surface area contributed by atoms with Gasteiger partial charge in [0.1, 0.15) is 0 Å². The molecule has 1 aromatic rings. The molecule has 0 saturated heterocycles. The number of aromatic nitrogens is 2. The smallest absolute Gasteiger partial charge is 0.191 e. The molecule has 0 aromatic carbocycles. The van der Waals surface area contributed by atoms with Gasteiger partial charge in [0.25, 0.3) is 0 Å². The minimum atomic E-state index is 0. The summed E-state index contributed by atoms with van der Waals surface area (Å²) >= 11 is 0. The van der Waals surface area contributed by atoms with Crippen LogP contribution < -0.4 is 10.6 Å². The van der Waals surface area contributed by atoms with E-state index in [4.69, 9.17) is 9.73 Å². The number of hydrogen-bond acceptors (Lipinski definition) is 3. The Balaban J connectivity index is 0.00000420. The summed E-state index contributed by atoms with van der Waals surface area (Å²) in [5.41, 5.74) is 3.69. The first-order chi connectivity index (χ1) is 13.5. The van der Waals surface area contributed by atoms with E-state index < -0.39 is 0 Å². The molecule has 0 bridgehead atoms. The molecule has 1 aliphatic carbocycles. The van der Waals surface area contributed by atoms with Crippen molar-refractivity contribution in [1.29, 1.82) is 0 Å². The van der Waals surface area contributed by atoms with E-state index in [0.717, 1.165) is 50.1 Å². The molecule has 0 spiro atoms. The second-order valence-corrected chi connectivity index (χ2v) is 8.11. The summed E-state index contributed by atoms with van der Waals surface area (Å²) < 4.78 is 8.00. The zero-order chi connectivity index (χ0) is 20.5. The standard InChI is InChI=1S/C22H41N5O.HI/c1-7-23-22(24-14-13-21(28-8-2)19-11-9-10-12-19)25-16(3)15-20-17(4)26-27(6)18(20)5;/h16,19,21H,7-15H2,1-6H3,(H2,23,24,25);1H. The Bertz CT molecular complexity index is 625. The Morgan fingerprint density at radius 3 is 2.52 bits per heavy atom. The Hall–Kier alpha value is -0.830. The first-order valence-electron chi connectivity index (χ1n) is 11.1. The number of ether oxygens (including phenoxy) is 1. The highest BCUT2D eigenvalue weighted by molar-refractivity contribution is 14.0. The monoisotopic (exact) mass is 519 g/mol. The number of halogens is 1. The first-order valence-corrected chi connectivity index (χ1v) is 11.1. The van der Waals surface area contributed by atoms with Crippen LogP contribution in [0, 0.1) is 19.8 Å². The minimum absolute atomic E-state index is 0. The van der Waals surface area contributed by atoms with E-state index in [2.05, 4.69) is 50.4 Å². The molecular formula is C22H42IN5O. The molecule has 1 aliphatic rings. The number of nitrogens with one attached hydrogen (secondary N) is 2. The van der Waals surface area contributed by atoms with Gasteiger partial charge in [-0.05, 0) is 71.8 Å². The van der Waals surface area contributed by atoms with Gasteiger partial charge in [-0.25, -0.2) is 0 Å². The van der Waals surface area contributed by atoms with E-state index in [1.807, 2.05) is 11.7 Å². The maximum atomic E-state index is 6.04. The van der Waals surface area contributed by atoms with Crippen LogP contribution in [0.1, 0.15) is 69.8 Å². The third kappa shape index (κ3) is 8.07. The summed E-state index contributed by atoms with van der Waals surface area (Å²) in [4.78, 5) is 4.83. The highest BCUT2D eigenvalue weighted by Crippen LogP contribution is 2.30. The van der Waals surface area contributed by atoms with Crippen LogP contribution in [0.2, 0.25) is 0 Å². The molecule has 2 unspecified atom stereocenters. The molecule has 1 fully saturated rings. The van der Waals surface area contributed by atoms with Crippen LogP contribution in [0.15, 0.2) is 4.99 Å². The number of aliphatic imine (C=N–C) groups is 1. The zero-order valence-corrected chi connectivity index (χ0v) is 21.6. The van der Waals surface area contributed by atoms with Crippen molar-refractivity contribution in [3.05, 3.63) is 17.0 Å². The molecule has 1 aromatic heterocycles. The number of guanidine groups is 1. The predicted octanol–water partition coefficient (Wildman–Crippen LogP) is 4.13. The van der Waals surface area contributed by atoms with E-state index in [-0.39, 0.29) is 30.0 Å². The van der Waals surface area contributed by atoms with Crippen molar-refractivity contribution in [2.75, 3.05) is 19.7 Å². The topological polar surface area (TPSA) is 63.5 Å². The fraction of sp³-hybridized carbons (Fsp3) is 0.818. The fourth-order valence-electron chi connectivity index (χ4n) is 4.33. The lowest BCUT2D eigenvalue weighted by Gasteiger charge is -2.23. The Morgan fingerprint density at radius 2 is 1.97 bits per heavy atom. The van der Waals surface area contributed by atoms with Crippen LogP contribution in [-0.4, -0.2) is 47.6 Å². The van der Waals surface area contributed by atoms with Gasteiger partial charge in [0.2, 0.25) is 0 Å². The number of hydrogen-bond donors (Lipinski definition) is 2. The van der Waals surface area contributed by atoms with Crippen molar-refractivity contribution < 1.29 is 4.74 Å². The van der Waals surface area contributed by atoms with Gasteiger partial charge in [-0.3, -0.25) is 9.67 Å². The molecule has 1 saturated carbocycles. The molecule has 168 valence electrons. The minimum Gasteiger partial charge on any atom is -0.378 e. The average molecular weight is 520 g/mol. The third-order valence-corrected chi connectivity index (χ3v) is 5.89. The van der Waals surface area contributed by atoms with E-state index >= 15 is 0 Å². The summed E-state index contributed by atoms with van der Waals surface area (Å²) in [6.45, 7) is 13.1. The molecular weight excluding hydrogens is 477 g/mol. The van der Waals surface area contributed by atoms with Gasteiger partial charge in [0.15, 0.2) is 5.96 Å². The predicted molar refractivity (Wildman–Crippen MR) is 132 cm³/mol. The second-order valence-electron chi connectivity index (χ2n) is 8.11. The largest absolute Gasteiger partial charge is 0.378 e. The second kappa shape index (κ2) is 13.5. The highest BCUT2D eigenvalue weighted by atomic mass is 127. The molecule has 2 N–H and O–H groups in total. The van der Waals surface area contributed by atoms with Crippen molar-refractivity contribution >= 4 is 29.9 Å². The zero-order valence-electron chi connectivity index (χ0n) is 19.3. The van der Waals surface area contributed by atoms with Gasteiger partial charge in [-0.2, -0.15) is 5.10 Å². The van der Waals surface area contributed by atoms with Crippen molar-refractivity contribution in [3.8, 4) is 0 Å². The van der Waals surface area contributed by atoms with Gasteiger partial charge in [-0.15, -0.1) is 24.0 Å². The molecule has 6 nitrogen and oxygen atoms in total. The van der Waals surface area contributed by atoms with E-state index in [1.54, 1.807) is 0 Å². The quantitative estimate of drug-likeness (QED) is 0.277. The molecule has 0 amide bonds. The van der Waals surface area contributed by atoms with Gasteiger partial charge in [-0.1, -0.05) is 12.8 Å². The lowest BCUT2D eigenvalue weighted by Crippen LogP contribution is -2.43. The lowest BCUT2D eigenvalue weighted by atomic mass is 9.98.